The summed E-state index contributed by atoms with van der Waals surface area (Å²) in [5.41, 5.74) is 18.1. The Hall–Kier alpha value is -9.96. The van der Waals surface area contributed by atoms with Crippen LogP contribution in [-0.2, 0) is 0 Å². The van der Waals surface area contributed by atoms with E-state index in [2.05, 4.69) is 283 Å². The molecule has 0 fully saturated rings. The first-order chi connectivity index (χ1) is 38.1. The lowest BCUT2D eigenvalue weighted by Crippen LogP contribution is -2.61. The normalized spacial score (nSPS) is 12.9. The van der Waals surface area contributed by atoms with Gasteiger partial charge in [0.05, 0.1) is 0 Å². The Balaban J connectivity index is 1.01. The van der Waals surface area contributed by atoms with Crippen LogP contribution in [0.1, 0.15) is 0 Å². The molecule has 2 aliphatic rings. The predicted molar refractivity (Wildman–Crippen MR) is 331 cm³/mol. The van der Waals surface area contributed by atoms with Gasteiger partial charge in [-0.25, -0.2) is 0 Å². The topological polar surface area (TPSA) is 6.48 Å². The van der Waals surface area contributed by atoms with E-state index in [0.717, 1.165) is 11.4 Å². The third-order valence-corrected chi connectivity index (χ3v) is 17.0. The molecule has 0 saturated carbocycles. The molecule has 15 aromatic rings. The van der Waals surface area contributed by atoms with Crippen LogP contribution in [0.3, 0.4) is 0 Å². The van der Waals surface area contributed by atoms with Gasteiger partial charge in [-0.2, -0.15) is 0 Å². The standard InChI is InChI=1S/C74H45BN2/c1-3-12-46(13-4-1)48-26-32-62(33-27-48)76-68-44-61(60-40-58-24-22-50-20-11-21-51-23-25-59(41-60)71(58)70(50)51)45-69-72(68)75(66-36-30-56-38-52-16-7-9-18-54(52)42-64(56)73(66)76)67-37-31-57-39-53-17-8-10-19-55(53)43-65(57)74(67)77(69)63-34-28-49(29-35-63)47-14-5-2-6-15-47/h1-45H. The summed E-state index contributed by atoms with van der Waals surface area (Å²) in [5, 5.41) is 17.6. The van der Waals surface area contributed by atoms with Crippen molar-refractivity contribution in [2.24, 2.45) is 0 Å². The van der Waals surface area contributed by atoms with Crippen LogP contribution in [0, 0.1) is 0 Å². The molecule has 2 heterocycles. The first-order valence-corrected chi connectivity index (χ1v) is 26.8. The molecular weight excluding hydrogens is 928 g/mol. The molecule has 0 aromatic heterocycles. The largest absolute Gasteiger partial charge is 0.311 e. The van der Waals surface area contributed by atoms with Gasteiger partial charge in [0, 0.05) is 44.9 Å². The van der Waals surface area contributed by atoms with Gasteiger partial charge >= 0.3 is 0 Å². The van der Waals surface area contributed by atoms with Gasteiger partial charge in [-0.1, -0.05) is 200 Å². The fourth-order valence-corrected chi connectivity index (χ4v) is 13.5. The molecule has 0 radical (unpaired) electrons. The smallest absolute Gasteiger partial charge is 0.252 e. The van der Waals surface area contributed by atoms with E-state index < -0.39 is 0 Å². The molecule has 354 valence electrons. The maximum atomic E-state index is 2.61. The summed E-state index contributed by atoms with van der Waals surface area (Å²) in [6.07, 6.45) is 0. The van der Waals surface area contributed by atoms with Crippen molar-refractivity contribution in [3.8, 4) is 33.4 Å². The molecule has 15 aromatic carbocycles. The molecule has 2 nitrogen and oxygen atoms in total. The summed E-state index contributed by atoms with van der Waals surface area (Å²) < 4.78 is 0. The van der Waals surface area contributed by atoms with Crippen LogP contribution in [0.15, 0.2) is 273 Å². The lowest BCUT2D eigenvalue weighted by atomic mass is 9.33. The highest BCUT2D eigenvalue weighted by molar-refractivity contribution is 7.00. The van der Waals surface area contributed by atoms with Crippen molar-refractivity contribution in [1.82, 2.24) is 0 Å². The van der Waals surface area contributed by atoms with Gasteiger partial charge in [0.15, 0.2) is 0 Å². The summed E-state index contributed by atoms with van der Waals surface area (Å²) in [6.45, 7) is -0.0871. The minimum absolute atomic E-state index is 0.0871. The van der Waals surface area contributed by atoms with Crippen molar-refractivity contribution in [3.63, 3.8) is 0 Å². The number of anilines is 6. The molecule has 0 saturated heterocycles. The zero-order valence-corrected chi connectivity index (χ0v) is 42.0. The van der Waals surface area contributed by atoms with E-state index in [-0.39, 0.29) is 6.71 Å². The third kappa shape index (κ3) is 6.38. The molecular formula is C74H45BN2. The van der Waals surface area contributed by atoms with E-state index >= 15 is 0 Å². The van der Waals surface area contributed by atoms with Gasteiger partial charge < -0.3 is 9.80 Å². The van der Waals surface area contributed by atoms with Crippen LogP contribution >= 0.6 is 0 Å². The molecule has 0 amide bonds. The zero-order chi connectivity index (χ0) is 50.3. The molecule has 0 atom stereocenters. The number of hydrogen-bond acceptors (Lipinski definition) is 2. The summed E-state index contributed by atoms with van der Waals surface area (Å²) in [4.78, 5) is 5.22. The van der Waals surface area contributed by atoms with Crippen LogP contribution in [-0.4, -0.2) is 6.71 Å². The highest BCUT2D eigenvalue weighted by Crippen LogP contribution is 2.51. The van der Waals surface area contributed by atoms with Gasteiger partial charge in [0.25, 0.3) is 6.71 Å². The van der Waals surface area contributed by atoms with Crippen molar-refractivity contribution in [3.05, 3.63) is 273 Å². The highest BCUT2D eigenvalue weighted by Gasteiger charge is 2.45. The van der Waals surface area contributed by atoms with Gasteiger partial charge in [-0.05, 0) is 187 Å². The maximum absolute atomic E-state index is 2.61. The third-order valence-electron chi connectivity index (χ3n) is 17.0. The van der Waals surface area contributed by atoms with Crippen molar-refractivity contribution >= 4 is 133 Å². The number of rotatable bonds is 5. The lowest BCUT2D eigenvalue weighted by Gasteiger charge is -2.45. The van der Waals surface area contributed by atoms with Gasteiger partial charge in [-0.15, -0.1) is 0 Å². The monoisotopic (exact) mass is 972 g/mol. The molecule has 17 rings (SSSR count). The van der Waals surface area contributed by atoms with Crippen LogP contribution < -0.4 is 26.2 Å². The molecule has 77 heavy (non-hydrogen) atoms. The van der Waals surface area contributed by atoms with Crippen molar-refractivity contribution < 1.29 is 0 Å². The molecule has 0 unspecified atom stereocenters. The number of hydrogen-bond donors (Lipinski definition) is 0. The van der Waals surface area contributed by atoms with E-state index in [1.807, 2.05) is 0 Å². The Labute approximate surface area is 446 Å². The second kappa shape index (κ2) is 16.3. The first kappa shape index (κ1) is 42.4. The van der Waals surface area contributed by atoms with Crippen LogP contribution in [0.4, 0.5) is 34.1 Å². The average molecular weight is 973 g/mol. The number of nitrogens with zero attached hydrogens (tertiary/aromatic N) is 2. The van der Waals surface area contributed by atoms with Crippen molar-refractivity contribution in [2.45, 2.75) is 0 Å². The first-order valence-electron chi connectivity index (χ1n) is 26.8. The fourth-order valence-electron chi connectivity index (χ4n) is 13.5. The molecule has 0 spiro atoms. The van der Waals surface area contributed by atoms with E-state index in [4.69, 9.17) is 0 Å². The average Bonchev–Trinajstić information content (AvgIpc) is 3.68. The van der Waals surface area contributed by atoms with Crippen LogP contribution in [0.2, 0.25) is 0 Å². The minimum atomic E-state index is -0.0871. The SMILES string of the molecule is c1ccc(-c2ccc(N3c4cc(-c5cc6ccc7cccc8ccc(c5)c6c78)cc5c4B(c4ccc6cc7ccccc7cc6c43)c3ccc4cc6ccccc6cc4c3N5c3ccc(-c4ccccc4)cc3)cc2)cc1. The Kier molecular flexibility index (Phi) is 8.96. The summed E-state index contributed by atoms with van der Waals surface area (Å²) >= 11 is 0. The maximum Gasteiger partial charge on any atom is 0.252 e. The number of fused-ring (bicyclic) bond motifs is 10. The van der Waals surface area contributed by atoms with E-state index in [1.54, 1.807) is 0 Å². The van der Waals surface area contributed by atoms with Crippen molar-refractivity contribution in [1.29, 1.82) is 0 Å². The van der Waals surface area contributed by atoms with Gasteiger partial charge in [-0.3, -0.25) is 0 Å². The van der Waals surface area contributed by atoms with Crippen LogP contribution in [0.5, 0.6) is 0 Å². The van der Waals surface area contributed by atoms with Gasteiger partial charge in [0.1, 0.15) is 0 Å². The summed E-state index contributed by atoms with van der Waals surface area (Å²) in [6, 6.07) is 103. The molecule has 0 bridgehead atoms. The highest BCUT2D eigenvalue weighted by atomic mass is 15.2. The fraction of sp³-hybridized carbons (Fsp3) is 0. The van der Waals surface area contributed by atoms with Crippen LogP contribution in [0.25, 0.3) is 109 Å². The van der Waals surface area contributed by atoms with E-state index in [1.165, 1.54) is 148 Å². The Morgan fingerprint density at radius 1 is 0.234 bits per heavy atom. The Bertz CT molecular complexity index is 4610. The Morgan fingerprint density at radius 3 is 1.06 bits per heavy atom. The molecule has 3 heteroatoms. The number of benzene rings is 15. The predicted octanol–water partition coefficient (Wildman–Crippen LogP) is 18.3. The molecule has 0 aliphatic carbocycles. The summed E-state index contributed by atoms with van der Waals surface area (Å²) in [5.74, 6) is 0. The van der Waals surface area contributed by atoms with Crippen molar-refractivity contribution in [2.75, 3.05) is 9.80 Å². The lowest BCUT2D eigenvalue weighted by molar-refractivity contribution is 1.27. The second-order valence-corrected chi connectivity index (χ2v) is 21.2. The minimum Gasteiger partial charge on any atom is -0.311 e. The Morgan fingerprint density at radius 2 is 0.597 bits per heavy atom. The van der Waals surface area contributed by atoms with E-state index in [9.17, 15) is 0 Å². The van der Waals surface area contributed by atoms with E-state index in [0.29, 0.717) is 0 Å². The zero-order valence-electron chi connectivity index (χ0n) is 42.0. The quantitative estimate of drug-likeness (QED) is 0.0963. The second-order valence-electron chi connectivity index (χ2n) is 21.2. The van der Waals surface area contributed by atoms with Gasteiger partial charge in [0.2, 0.25) is 0 Å². The molecule has 2 aliphatic heterocycles. The summed E-state index contributed by atoms with van der Waals surface area (Å²) in [7, 11) is 0. The molecule has 0 N–H and O–H groups in total.